The number of sulfonamides is 1. The van der Waals surface area contributed by atoms with Gasteiger partial charge in [-0.1, -0.05) is 12.1 Å². The molecule has 8 heteroatoms. The summed E-state index contributed by atoms with van der Waals surface area (Å²) in [6, 6.07) is 11.1. The molecule has 2 aromatic carbocycles. The Morgan fingerprint density at radius 2 is 1.84 bits per heavy atom. The minimum absolute atomic E-state index is 0.0311. The van der Waals surface area contributed by atoms with Crippen LogP contribution in [0.1, 0.15) is 5.56 Å². The lowest BCUT2D eigenvalue weighted by molar-refractivity contribution is -0.134. The van der Waals surface area contributed by atoms with E-state index in [0.717, 1.165) is 4.31 Å². The molecule has 25 heavy (non-hydrogen) atoms. The van der Waals surface area contributed by atoms with Crippen LogP contribution in [-0.4, -0.2) is 34.3 Å². The second-order valence-corrected chi connectivity index (χ2v) is 7.49. The van der Waals surface area contributed by atoms with Crippen molar-refractivity contribution in [2.45, 2.75) is 11.3 Å². The molecule has 0 aliphatic carbocycles. The molecule has 0 radical (unpaired) electrons. The average molecular weight is 360 g/mol. The van der Waals surface area contributed by atoms with Gasteiger partial charge in [0.2, 0.25) is 5.78 Å². The van der Waals surface area contributed by atoms with E-state index in [9.17, 15) is 18.0 Å². The van der Waals surface area contributed by atoms with E-state index in [4.69, 9.17) is 4.74 Å². The number of methoxy groups -OCH3 is 1. The second-order valence-electron chi connectivity index (χ2n) is 5.52. The first-order chi connectivity index (χ1) is 11.8. The maximum absolute atomic E-state index is 12.9. The number of Topliss-reactive ketones (excluding diaryl/α,β-unsaturated/α-hetero) is 1. The summed E-state index contributed by atoms with van der Waals surface area (Å²) in [5.74, 6) is -0.858. The maximum Gasteiger partial charge on any atom is 0.292 e. The zero-order chi connectivity index (χ0) is 18.2. The molecule has 0 aromatic heterocycles. The molecule has 0 atom stereocenters. The van der Waals surface area contributed by atoms with E-state index in [2.05, 4.69) is 5.32 Å². The molecule has 0 bridgehead atoms. The Labute approximate surface area is 145 Å². The number of hydrogen-bond donors (Lipinski definition) is 1. The predicted molar refractivity (Wildman–Crippen MR) is 92.4 cm³/mol. The number of para-hydroxylation sites is 2. The highest BCUT2D eigenvalue weighted by Gasteiger charge is 2.28. The van der Waals surface area contributed by atoms with Gasteiger partial charge in [-0.05, 0) is 35.9 Å². The van der Waals surface area contributed by atoms with Crippen LogP contribution in [0.4, 0.5) is 11.4 Å². The molecule has 3 rings (SSSR count). The van der Waals surface area contributed by atoms with E-state index in [1.807, 2.05) is 0 Å². The largest absolute Gasteiger partial charge is 0.495 e. The number of fused-ring (bicyclic) bond motifs is 1. The number of carbonyl (C=O) groups is 2. The van der Waals surface area contributed by atoms with Crippen LogP contribution in [0.2, 0.25) is 0 Å². The van der Waals surface area contributed by atoms with Crippen LogP contribution in [0.25, 0.3) is 0 Å². The summed E-state index contributed by atoms with van der Waals surface area (Å²) >= 11 is 0. The van der Waals surface area contributed by atoms with Gasteiger partial charge in [-0.2, -0.15) is 0 Å². The van der Waals surface area contributed by atoms with Gasteiger partial charge in [0.1, 0.15) is 5.75 Å². The van der Waals surface area contributed by atoms with Crippen LogP contribution in [-0.2, 0) is 26.0 Å². The van der Waals surface area contributed by atoms with Crippen LogP contribution in [0.15, 0.2) is 47.4 Å². The molecule has 1 aliphatic rings. The third-order valence-corrected chi connectivity index (χ3v) is 5.78. The number of nitrogens with one attached hydrogen (secondary N) is 1. The molecule has 7 nitrogen and oxygen atoms in total. The third kappa shape index (κ3) is 2.96. The number of nitrogens with zero attached hydrogens (tertiary/aromatic N) is 1. The quantitative estimate of drug-likeness (QED) is 0.836. The fraction of sp³-hybridized carbons (Fsp3) is 0.176. The summed E-state index contributed by atoms with van der Waals surface area (Å²) in [7, 11) is -0.965. The number of ketones is 1. The Balaban J connectivity index is 2.02. The van der Waals surface area contributed by atoms with Gasteiger partial charge in [0.25, 0.3) is 15.9 Å². The number of rotatable bonds is 4. The molecule has 130 valence electrons. The molecule has 0 spiro atoms. The Bertz CT molecular complexity index is 969. The standard InChI is InChI=1S/C17H16N2O5S/c1-19(14-5-3-4-6-16(14)24-2)25(22,23)12-7-8-13-11(9-12)10-15(20)17(21)18-13/h3-9H,10H2,1-2H3,(H,18,21). The van der Waals surface area contributed by atoms with E-state index in [1.54, 1.807) is 24.3 Å². The smallest absolute Gasteiger partial charge is 0.292 e. The number of anilines is 2. The van der Waals surface area contributed by atoms with Crippen molar-refractivity contribution in [2.24, 2.45) is 0 Å². The number of hydrogen-bond acceptors (Lipinski definition) is 5. The molecule has 1 heterocycles. The number of benzene rings is 2. The summed E-state index contributed by atoms with van der Waals surface area (Å²) < 4.78 is 32.2. The highest BCUT2D eigenvalue weighted by molar-refractivity contribution is 7.92. The average Bonchev–Trinajstić information content (AvgIpc) is 2.61. The fourth-order valence-corrected chi connectivity index (χ4v) is 3.88. The summed E-state index contributed by atoms with van der Waals surface area (Å²) in [5, 5.41) is 2.45. The summed E-state index contributed by atoms with van der Waals surface area (Å²) in [6.07, 6.45) is -0.122. The van der Waals surface area contributed by atoms with Gasteiger partial charge in [0, 0.05) is 19.2 Å². The Kier molecular flexibility index (Phi) is 4.22. The lowest BCUT2D eigenvalue weighted by Gasteiger charge is -2.23. The first-order valence-electron chi connectivity index (χ1n) is 7.43. The number of carbonyl (C=O) groups excluding carboxylic acids is 2. The zero-order valence-corrected chi connectivity index (χ0v) is 14.5. The van der Waals surface area contributed by atoms with E-state index >= 15 is 0 Å². The lowest BCUT2D eigenvalue weighted by Crippen LogP contribution is -2.31. The monoisotopic (exact) mass is 360 g/mol. The minimum Gasteiger partial charge on any atom is -0.495 e. The van der Waals surface area contributed by atoms with Gasteiger partial charge in [-0.15, -0.1) is 0 Å². The minimum atomic E-state index is -3.86. The van der Waals surface area contributed by atoms with Crippen molar-refractivity contribution in [3.8, 4) is 5.75 Å². The summed E-state index contributed by atoms with van der Waals surface area (Å²) in [6.45, 7) is 0. The summed E-state index contributed by atoms with van der Waals surface area (Å²) in [5.41, 5.74) is 1.31. The van der Waals surface area contributed by atoms with Gasteiger partial charge in [-0.25, -0.2) is 8.42 Å². The van der Waals surface area contributed by atoms with Gasteiger partial charge in [-0.3, -0.25) is 13.9 Å². The number of amides is 1. The van der Waals surface area contributed by atoms with Crippen molar-refractivity contribution in [1.82, 2.24) is 0 Å². The summed E-state index contributed by atoms with van der Waals surface area (Å²) in [4.78, 5) is 23.0. The molecule has 1 aliphatic heterocycles. The zero-order valence-electron chi connectivity index (χ0n) is 13.6. The van der Waals surface area contributed by atoms with Crippen molar-refractivity contribution in [3.63, 3.8) is 0 Å². The topological polar surface area (TPSA) is 92.8 Å². The molecule has 0 unspecified atom stereocenters. The first kappa shape index (κ1) is 17.0. The van der Waals surface area contributed by atoms with Crippen LogP contribution in [0.3, 0.4) is 0 Å². The van der Waals surface area contributed by atoms with E-state index < -0.39 is 21.7 Å². The van der Waals surface area contributed by atoms with Crippen molar-refractivity contribution in [2.75, 3.05) is 23.8 Å². The first-order valence-corrected chi connectivity index (χ1v) is 8.87. The molecule has 1 N–H and O–H groups in total. The van der Waals surface area contributed by atoms with Crippen LogP contribution >= 0.6 is 0 Å². The highest BCUT2D eigenvalue weighted by Crippen LogP contribution is 2.32. The van der Waals surface area contributed by atoms with Crippen LogP contribution < -0.4 is 14.4 Å². The van der Waals surface area contributed by atoms with Crippen molar-refractivity contribution < 1.29 is 22.7 Å². The molecule has 1 amide bonds. The maximum atomic E-state index is 12.9. The van der Waals surface area contributed by atoms with Gasteiger partial charge in [0.05, 0.1) is 17.7 Å². The van der Waals surface area contributed by atoms with Crippen LogP contribution in [0.5, 0.6) is 5.75 Å². The Hall–Kier alpha value is -2.87. The Morgan fingerprint density at radius 1 is 1.12 bits per heavy atom. The Morgan fingerprint density at radius 3 is 2.56 bits per heavy atom. The van der Waals surface area contributed by atoms with E-state index in [-0.39, 0.29) is 11.3 Å². The third-order valence-electron chi connectivity index (χ3n) is 4.01. The molecule has 0 fully saturated rings. The molecular weight excluding hydrogens is 344 g/mol. The van der Waals surface area contributed by atoms with E-state index in [1.165, 1.54) is 32.4 Å². The lowest BCUT2D eigenvalue weighted by atomic mass is 10.0. The predicted octanol–water partition coefficient (Wildman–Crippen LogP) is 1.58. The molecular formula is C17H16N2O5S. The second kappa shape index (κ2) is 6.21. The van der Waals surface area contributed by atoms with Crippen molar-refractivity contribution in [1.29, 1.82) is 0 Å². The van der Waals surface area contributed by atoms with E-state index in [0.29, 0.717) is 22.7 Å². The molecule has 2 aromatic rings. The van der Waals surface area contributed by atoms with Crippen molar-refractivity contribution in [3.05, 3.63) is 48.0 Å². The number of ether oxygens (including phenoxy) is 1. The van der Waals surface area contributed by atoms with Gasteiger partial charge in [0.15, 0.2) is 0 Å². The fourth-order valence-electron chi connectivity index (χ4n) is 2.62. The van der Waals surface area contributed by atoms with Gasteiger partial charge < -0.3 is 10.1 Å². The molecule has 0 saturated heterocycles. The molecule has 0 saturated carbocycles. The van der Waals surface area contributed by atoms with Crippen molar-refractivity contribution >= 4 is 33.1 Å². The highest BCUT2D eigenvalue weighted by atomic mass is 32.2. The van der Waals surface area contributed by atoms with Gasteiger partial charge >= 0.3 is 0 Å². The SMILES string of the molecule is COc1ccccc1N(C)S(=O)(=O)c1ccc2c(c1)CC(=O)C(=O)N2. The normalized spacial score (nSPS) is 13.8. The van der Waals surface area contributed by atoms with Crippen LogP contribution in [0, 0.1) is 0 Å².